The minimum atomic E-state index is -3.16. The molecule has 1 rings (SSSR count). The topological polar surface area (TPSA) is 58.2 Å². The Hall–Kier alpha value is -0.130. The van der Waals surface area contributed by atoms with Crippen molar-refractivity contribution in [2.24, 2.45) is 11.8 Å². The summed E-state index contributed by atoms with van der Waals surface area (Å²) in [6.45, 7) is 7.94. The lowest BCUT2D eigenvalue weighted by atomic mass is 9.81. The van der Waals surface area contributed by atoms with E-state index >= 15 is 0 Å². The summed E-state index contributed by atoms with van der Waals surface area (Å²) in [4.78, 5) is 0. The predicted molar refractivity (Wildman–Crippen MR) is 80.7 cm³/mol. The maximum atomic E-state index is 12.0. The van der Waals surface area contributed by atoms with E-state index in [2.05, 4.69) is 17.0 Å². The molecular formula is C14H30N2O2S. The summed E-state index contributed by atoms with van der Waals surface area (Å²) in [5.41, 5.74) is 0. The molecular weight excluding hydrogens is 260 g/mol. The van der Waals surface area contributed by atoms with Gasteiger partial charge in [-0.25, -0.2) is 13.1 Å². The van der Waals surface area contributed by atoms with Gasteiger partial charge in [0.25, 0.3) is 0 Å². The number of nitrogens with one attached hydrogen (secondary N) is 2. The standard InChI is InChI=1S/C14H30N2O2S/c1-4-13-6-8-14(9-7-13)11-16-19(17,18)12(3)10-15-5-2/h12-16H,4-11H2,1-3H3. The van der Waals surface area contributed by atoms with Crippen LogP contribution in [-0.4, -0.2) is 33.3 Å². The van der Waals surface area contributed by atoms with Crippen LogP contribution in [0.1, 0.15) is 52.9 Å². The molecule has 1 saturated carbocycles. The molecule has 5 heteroatoms. The fraction of sp³-hybridized carbons (Fsp3) is 1.00. The van der Waals surface area contributed by atoms with Gasteiger partial charge in [0.1, 0.15) is 0 Å². The van der Waals surface area contributed by atoms with Gasteiger partial charge in [0, 0.05) is 13.1 Å². The molecule has 1 aliphatic carbocycles. The molecule has 0 heterocycles. The maximum Gasteiger partial charge on any atom is 0.215 e. The summed E-state index contributed by atoms with van der Waals surface area (Å²) >= 11 is 0. The molecule has 1 unspecified atom stereocenters. The van der Waals surface area contributed by atoms with E-state index < -0.39 is 10.0 Å². The Morgan fingerprint density at radius 1 is 1.11 bits per heavy atom. The first kappa shape index (κ1) is 16.9. The van der Waals surface area contributed by atoms with Crippen LogP contribution in [0, 0.1) is 11.8 Å². The zero-order valence-corrected chi connectivity index (χ0v) is 13.4. The van der Waals surface area contributed by atoms with Gasteiger partial charge in [-0.05, 0) is 38.1 Å². The zero-order valence-electron chi connectivity index (χ0n) is 12.6. The first-order valence-corrected chi connectivity index (χ1v) is 9.23. The van der Waals surface area contributed by atoms with Crippen molar-refractivity contribution in [2.75, 3.05) is 19.6 Å². The SMILES string of the molecule is CCNCC(C)S(=O)(=O)NCC1CCC(CC)CC1. The van der Waals surface area contributed by atoms with E-state index in [0.29, 0.717) is 19.0 Å². The van der Waals surface area contributed by atoms with E-state index in [1.54, 1.807) is 6.92 Å². The van der Waals surface area contributed by atoms with Gasteiger partial charge in [-0.3, -0.25) is 0 Å². The summed E-state index contributed by atoms with van der Waals surface area (Å²) in [5, 5.41) is 2.72. The van der Waals surface area contributed by atoms with Crippen LogP contribution >= 0.6 is 0 Å². The van der Waals surface area contributed by atoms with Crippen LogP contribution < -0.4 is 10.0 Å². The second kappa shape index (κ2) is 8.22. The number of hydrogen-bond acceptors (Lipinski definition) is 3. The predicted octanol–water partition coefficient (Wildman–Crippen LogP) is 2.12. The summed E-state index contributed by atoms with van der Waals surface area (Å²) in [6, 6.07) is 0. The van der Waals surface area contributed by atoms with Crippen LogP contribution in [-0.2, 0) is 10.0 Å². The van der Waals surface area contributed by atoms with E-state index in [-0.39, 0.29) is 5.25 Å². The fourth-order valence-corrected chi connectivity index (χ4v) is 3.77. The largest absolute Gasteiger partial charge is 0.316 e. The van der Waals surface area contributed by atoms with E-state index in [1.165, 1.54) is 32.1 Å². The van der Waals surface area contributed by atoms with Gasteiger partial charge < -0.3 is 5.32 Å². The Bertz CT molecular complexity index is 335. The lowest BCUT2D eigenvalue weighted by Gasteiger charge is -2.28. The molecule has 0 aromatic carbocycles. The molecule has 19 heavy (non-hydrogen) atoms. The number of sulfonamides is 1. The smallest absolute Gasteiger partial charge is 0.215 e. The fourth-order valence-electron chi connectivity index (χ4n) is 2.68. The van der Waals surface area contributed by atoms with Crippen molar-refractivity contribution in [2.45, 2.75) is 58.1 Å². The highest BCUT2D eigenvalue weighted by Crippen LogP contribution is 2.30. The monoisotopic (exact) mass is 290 g/mol. The number of rotatable bonds is 8. The molecule has 0 spiro atoms. The van der Waals surface area contributed by atoms with Gasteiger partial charge in [-0.1, -0.05) is 33.1 Å². The average Bonchev–Trinajstić information content (AvgIpc) is 2.43. The van der Waals surface area contributed by atoms with E-state index in [4.69, 9.17) is 0 Å². The third kappa shape index (κ3) is 5.79. The summed E-state index contributed by atoms with van der Waals surface area (Å²) < 4.78 is 26.9. The Morgan fingerprint density at radius 3 is 2.21 bits per heavy atom. The molecule has 0 aromatic rings. The second-order valence-electron chi connectivity index (χ2n) is 5.81. The van der Waals surface area contributed by atoms with Gasteiger partial charge in [0.05, 0.1) is 5.25 Å². The van der Waals surface area contributed by atoms with Crippen molar-refractivity contribution in [3.63, 3.8) is 0 Å². The minimum Gasteiger partial charge on any atom is -0.316 e. The average molecular weight is 290 g/mol. The third-order valence-corrected chi connectivity index (χ3v) is 6.12. The Labute approximate surface area is 118 Å². The first-order valence-electron chi connectivity index (χ1n) is 7.68. The van der Waals surface area contributed by atoms with E-state index in [0.717, 1.165) is 12.5 Å². The molecule has 2 N–H and O–H groups in total. The highest BCUT2D eigenvalue weighted by molar-refractivity contribution is 7.90. The normalized spacial score (nSPS) is 26.3. The van der Waals surface area contributed by atoms with Gasteiger partial charge in [0.2, 0.25) is 10.0 Å². The molecule has 1 atom stereocenters. The van der Waals surface area contributed by atoms with Crippen LogP contribution in [0.5, 0.6) is 0 Å². The Balaban J connectivity index is 2.31. The lowest BCUT2D eigenvalue weighted by molar-refractivity contribution is 0.270. The number of hydrogen-bond donors (Lipinski definition) is 2. The Kier molecular flexibility index (Phi) is 7.32. The molecule has 4 nitrogen and oxygen atoms in total. The zero-order chi connectivity index (χ0) is 14.3. The highest BCUT2D eigenvalue weighted by atomic mass is 32.2. The molecule has 0 bridgehead atoms. The quantitative estimate of drug-likeness (QED) is 0.720. The highest BCUT2D eigenvalue weighted by Gasteiger charge is 2.24. The molecule has 1 fully saturated rings. The lowest BCUT2D eigenvalue weighted by Crippen LogP contribution is -2.41. The van der Waals surface area contributed by atoms with Crippen LogP contribution in [0.15, 0.2) is 0 Å². The summed E-state index contributed by atoms with van der Waals surface area (Å²) in [5.74, 6) is 1.39. The maximum absolute atomic E-state index is 12.0. The van der Waals surface area contributed by atoms with Gasteiger partial charge >= 0.3 is 0 Å². The summed E-state index contributed by atoms with van der Waals surface area (Å²) in [7, 11) is -3.16. The third-order valence-electron chi connectivity index (χ3n) is 4.33. The molecule has 1 aliphatic rings. The molecule has 0 saturated heterocycles. The van der Waals surface area contributed by atoms with Crippen molar-refractivity contribution in [3.8, 4) is 0 Å². The van der Waals surface area contributed by atoms with Crippen molar-refractivity contribution >= 4 is 10.0 Å². The van der Waals surface area contributed by atoms with Crippen molar-refractivity contribution in [1.29, 1.82) is 0 Å². The molecule has 114 valence electrons. The molecule has 0 amide bonds. The van der Waals surface area contributed by atoms with Crippen molar-refractivity contribution in [1.82, 2.24) is 10.0 Å². The first-order chi connectivity index (χ1) is 8.99. The van der Waals surface area contributed by atoms with E-state index in [1.807, 2.05) is 6.92 Å². The molecule has 0 aromatic heterocycles. The summed E-state index contributed by atoms with van der Waals surface area (Å²) in [6.07, 6.45) is 6.12. The minimum absolute atomic E-state index is 0.362. The molecule has 0 radical (unpaired) electrons. The van der Waals surface area contributed by atoms with Crippen LogP contribution in [0.2, 0.25) is 0 Å². The van der Waals surface area contributed by atoms with Gasteiger partial charge in [-0.2, -0.15) is 0 Å². The van der Waals surface area contributed by atoms with Crippen molar-refractivity contribution < 1.29 is 8.42 Å². The van der Waals surface area contributed by atoms with E-state index in [9.17, 15) is 8.42 Å². The van der Waals surface area contributed by atoms with Crippen molar-refractivity contribution in [3.05, 3.63) is 0 Å². The van der Waals surface area contributed by atoms with Gasteiger partial charge in [0.15, 0.2) is 0 Å². The second-order valence-corrected chi connectivity index (χ2v) is 7.99. The molecule has 0 aliphatic heterocycles. The Morgan fingerprint density at radius 2 is 1.68 bits per heavy atom. The van der Waals surface area contributed by atoms with Gasteiger partial charge in [-0.15, -0.1) is 0 Å². The van der Waals surface area contributed by atoms with Crippen LogP contribution in [0.25, 0.3) is 0 Å². The van der Waals surface area contributed by atoms with Crippen LogP contribution in [0.3, 0.4) is 0 Å². The van der Waals surface area contributed by atoms with Crippen LogP contribution in [0.4, 0.5) is 0 Å².